The van der Waals surface area contributed by atoms with Gasteiger partial charge in [-0.25, -0.2) is 4.79 Å². The molecule has 3 atom stereocenters. The molecule has 0 radical (unpaired) electrons. The van der Waals surface area contributed by atoms with Crippen molar-refractivity contribution in [1.82, 2.24) is 15.5 Å². The van der Waals surface area contributed by atoms with Crippen molar-refractivity contribution < 1.29 is 23.9 Å². The van der Waals surface area contributed by atoms with E-state index >= 15 is 0 Å². The number of aryl methyl sites for hydroxylation is 2. The van der Waals surface area contributed by atoms with Crippen molar-refractivity contribution in [2.75, 3.05) is 0 Å². The van der Waals surface area contributed by atoms with Gasteiger partial charge in [0.2, 0.25) is 17.7 Å². The quantitative estimate of drug-likeness (QED) is 0.463. The summed E-state index contributed by atoms with van der Waals surface area (Å²) in [6, 6.07) is 2.85. The number of carbonyl (C=O) groups excluding carboxylic acids is 4. The van der Waals surface area contributed by atoms with E-state index in [2.05, 4.69) is 10.6 Å². The summed E-state index contributed by atoms with van der Waals surface area (Å²) in [5.74, 6) is -1.71. The number of primary amides is 1. The zero-order valence-corrected chi connectivity index (χ0v) is 22.5. The zero-order chi connectivity index (χ0) is 27.1. The highest BCUT2D eigenvalue weighted by atomic mass is 16.6. The van der Waals surface area contributed by atoms with Gasteiger partial charge in [0, 0.05) is 12.1 Å². The predicted octanol–water partition coefficient (Wildman–Crippen LogP) is 3.26. The first-order valence-electron chi connectivity index (χ1n) is 12.0. The molecule has 0 aliphatic heterocycles. The molecule has 0 aliphatic carbocycles. The third-order valence-corrected chi connectivity index (χ3v) is 5.39. The summed E-state index contributed by atoms with van der Waals surface area (Å²) in [6.45, 7) is 16.3. The second-order valence-corrected chi connectivity index (χ2v) is 10.3. The normalized spacial score (nSPS) is 14.0. The van der Waals surface area contributed by atoms with Crippen LogP contribution in [0.4, 0.5) is 4.79 Å². The van der Waals surface area contributed by atoms with Crippen molar-refractivity contribution in [3.63, 3.8) is 0 Å². The molecule has 1 aromatic carbocycles. The molecule has 9 heteroatoms. The van der Waals surface area contributed by atoms with Crippen LogP contribution in [0.3, 0.4) is 0 Å². The molecule has 196 valence electrons. The number of nitrogens with zero attached hydrogens (tertiary/aromatic N) is 1. The van der Waals surface area contributed by atoms with Crippen LogP contribution in [-0.2, 0) is 19.1 Å². The van der Waals surface area contributed by atoms with Crippen molar-refractivity contribution >= 4 is 23.8 Å². The highest BCUT2D eigenvalue weighted by Gasteiger charge is 2.39. The topological polar surface area (TPSA) is 131 Å². The SMILES string of the molecule is CCC(C)N(C(=O)C(CC(N)=O)NC(=O)OC(C)(C)C)C(C(=O)NC(C)C)c1ccc(C)cc1C. The highest BCUT2D eigenvalue weighted by Crippen LogP contribution is 2.29. The van der Waals surface area contributed by atoms with Crippen LogP contribution in [0.25, 0.3) is 0 Å². The van der Waals surface area contributed by atoms with Gasteiger partial charge < -0.3 is 26.0 Å². The Morgan fingerprint density at radius 2 is 1.66 bits per heavy atom. The maximum Gasteiger partial charge on any atom is 0.408 e. The molecule has 35 heavy (non-hydrogen) atoms. The Balaban J connectivity index is 3.60. The molecule has 0 saturated carbocycles. The molecule has 0 saturated heterocycles. The molecule has 4 N–H and O–H groups in total. The Bertz CT molecular complexity index is 923. The number of alkyl carbamates (subject to hydrolysis) is 1. The number of amides is 4. The van der Waals surface area contributed by atoms with Gasteiger partial charge in [-0.1, -0.05) is 30.7 Å². The lowest BCUT2D eigenvalue weighted by atomic mass is 9.94. The summed E-state index contributed by atoms with van der Waals surface area (Å²) in [4.78, 5) is 53.2. The molecule has 0 aliphatic rings. The minimum atomic E-state index is -1.29. The Labute approximate surface area is 209 Å². The summed E-state index contributed by atoms with van der Waals surface area (Å²) in [7, 11) is 0. The smallest absolute Gasteiger partial charge is 0.408 e. The van der Waals surface area contributed by atoms with Crippen molar-refractivity contribution in [3.8, 4) is 0 Å². The van der Waals surface area contributed by atoms with Gasteiger partial charge in [0.05, 0.1) is 6.42 Å². The largest absolute Gasteiger partial charge is 0.444 e. The van der Waals surface area contributed by atoms with Gasteiger partial charge in [0.15, 0.2) is 0 Å². The minimum Gasteiger partial charge on any atom is -0.444 e. The van der Waals surface area contributed by atoms with E-state index in [4.69, 9.17) is 10.5 Å². The van der Waals surface area contributed by atoms with Crippen LogP contribution in [0.2, 0.25) is 0 Å². The molecule has 0 fully saturated rings. The fourth-order valence-electron chi connectivity index (χ4n) is 3.74. The molecule has 3 unspecified atom stereocenters. The van der Waals surface area contributed by atoms with Crippen molar-refractivity contribution in [3.05, 3.63) is 34.9 Å². The molecule has 0 spiro atoms. The standard InChI is InChI=1S/C26H42N4O5/c1-10-18(6)30(24(33)20(14-21(27)31)29-25(34)35-26(7,8)9)22(23(32)28-15(2)3)19-12-11-16(4)13-17(19)5/h11-13,15,18,20,22H,10,14H2,1-9H3,(H2,27,31)(H,28,32)(H,29,34). The van der Waals surface area contributed by atoms with Crippen LogP contribution in [0.15, 0.2) is 18.2 Å². The predicted molar refractivity (Wildman–Crippen MR) is 136 cm³/mol. The summed E-state index contributed by atoms with van der Waals surface area (Å²) in [5, 5.41) is 5.40. The van der Waals surface area contributed by atoms with E-state index in [0.717, 1.165) is 11.1 Å². The molecule has 0 heterocycles. The molecule has 9 nitrogen and oxygen atoms in total. The van der Waals surface area contributed by atoms with Gasteiger partial charge in [-0.15, -0.1) is 0 Å². The third kappa shape index (κ3) is 9.22. The van der Waals surface area contributed by atoms with Crippen molar-refractivity contribution in [2.24, 2.45) is 5.73 Å². The van der Waals surface area contributed by atoms with Gasteiger partial charge in [-0.3, -0.25) is 14.4 Å². The van der Waals surface area contributed by atoms with Crippen LogP contribution in [0, 0.1) is 13.8 Å². The second kappa shape index (κ2) is 12.6. The fourth-order valence-corrected chi connectivity index (χ4v) is 3.74. The first kappa shape index (κ1) is 29.9. The summed E-state index contributed by atoms with van der Waals surface area (Å²) in [5.41, 5.74) is 7.14. The van der Waals surface area contributed by atoms with Gasteiger partial charge in [-0.05, 0) is 72.9 Å². The van der Waals surface area contributed by atoms with E-state index in [0.29, 0.717) is 12.0 Å². The summed E-state index contributed by atoms with van der Waals surface area (Å²) in [6.07, 6.45) is -0.746. The molecule has 4 amide bonds. The Hall–Kier alpha value is -3.10. The van der Waals surface area contributed by atoms with Crippen LogP contribution >= 0.6 is 0 Å². The Morgan fingerprint density at radius 3 is 2.11 bits per heavy atom. The average Bonchev–Trinajstić information content (AvgIpc) is 2.68. The van der Waals surface area contributed by atoms with Crippen molar-refractivity contribution in [2.45, 2.75) is 105 Å². The number of carbonyl (C=O) groups is 4. The Kier molecular flexibility index (Phi) is 10.7. The monoisotopic (exact) mass is 490 g/mol. The molecule has 0 aromatic heterocycles. The number of hydrogen-bond donors (Lipinski definition) is 3. The van der Waals surface area contributed by atoms with Gasteiger partial charge in [-0.2, -0.15) is 0 Å². The van der Waals surface area contributed by atoms with E-state index in [1.807, 2.05) is 59.7 Å². The van der Waals surface area contributed by atoms with E-state index in [9.17, 15) is 19.2 Å². The van der Waals surface area contributed by atoms with Crippen LogP contribution in [0.5, 0.6) is 0 Å². The summed E-state index contributed by atoms with van der Waals surface area (Å²) >= 11 is 0. The molecule has 0 bridgehead atoms. The van der Waals surface area contributed by atoms with Crippen molar-refractivity contribution in [1.29, 1.82) is 0 Å². The molecular formula is C26H42N4O5. The number of nitrogens with two attached hydrogens (primary N) is 1. The Morgan fingerprint density at radius 1 is 1.06 bits per heavy atom. The minimum absolute atomic E-state index is 0.161. The zero-order valence-electron chi connectivity index (χ0n) is 22.5. The first-order chi connectivity index (χ1) is 16.1. The average molecular weight is 491 g/mol. The lowest BCUT2D eigenvalue weighted by molar-refractivity contribution is -0.146. The first-order valence-corrected chi connectivity index (χ1v) is 12.0. The van der Waals surface area contributed by atoms with Crippen LogP contribution in [-0.4, -0.2) is 52.4 Å². The number of hydrogen-bond acceptors (Lipinski definition) is 5. The van der Waals surface area contributed by atoms with E-state index in [1.165, 1.54) is 4.90 Å². The van der Waals surface area contributed by atoms with Gasteiger partial charge in [0.1, 0.15) is 17.7 Å². The lowest BCUT2D eigenvalue weighted by Gasteiger charge is -2.39. The maximum absolute atomic E-state index is 13.9. The van der Waals surface area contributed by atoms with E-state index < -0.39 is 42.0 Å². The van der Waals surface area contributed by atoms with Gasteiger partial charge >= 0.3 is 6.09 Å². The number of rotatable bonds is 10. The summed E-state index contributed by atoms with van der Waals surface area (Å²) < 4.78 is 5.29. The molecule has 1 aromatic rings. The number of ether oxygens (including phenoxy) is 1. The fraction of sp³-hybridized carbons (Fsp3) is 0.615. The third-order valence-electron chi connectivity index (χ3n) is 5.39. The molecular weight excluding hydrogens is 448 g/mol. The van der Waals surface area contributed by atoms with Gasteiger partial charge in [0.25, 0.3) is 0 Å². The maximum atomic E-state index is 13.9. The van der Waals surface area contributed by atoms with Crippen LogP contribution in [0.1, 0.15) is 84.0 Å². The van der Waals surface area contributed by atoms with E-state index in [1.54, 1.807) is 20.8 Å². The highest BCUT2D eigenvalue weighted by molar-refractivity contribution is 5.95. The van der Waals surface area contributed by atoms with Crippen LogP contribution < -0.4 is 16.4 Å². The number of nitrogens with one attached hydrogen (secondary N) is 2. The van der Waals surface area contributed by atoms with E-state index in [-0.39, 0.29) is 18.0 Å². The lowest BCUT2D eigenvalue weighted by Crippen LogP contribution is -2.56. The second-order valence-electron chi connectivity index (χ2n) is 10.3. The molecule has 1 rings (SSSR count). The number of benzene rings is 1.